The molecule has 60 valence electrons. The highest BCUT2D eigenvalue weighted by molar-refractivity contribution is 6.69. The van der Waals surface area contributed by atoms with Crippen LogP contribution in [-0.4, -0.2) is 15.7 Å². The summed E-state index contributed by atoms with van der Waals surface area (Å²) in [5, 5.41) is 9.55. The Morgan fingerprint density at radius 1 is 1.30 bits per heavy atom. The molecule has 10 heavy (non-hydrogen) atoms. The van der Waals surface area contributed by atoms with Crippen LogP contribution in [0.4, 0.5) is 8.78 Å². The molecule has 0 saturated carbocycles. The number of halogens is 5. The Kier molecular flexibility index (Phi) is 2.73. The second-order valence-electron chi connectivity index (χ2n) is 1.36. The standard InChI is InChI=1S/C3HCl3F2O2/c4-3(5,6)2(7,8)1(9)10/h(H,9,10)/p-1. The van der Waals surface area contributed by atoms with Gasteiger partial charge in [0.1, 0.15) is 5.97 Å². The highest BCUT2D eigenvalue weighted by atomic mass is 35.6. The van der Waals surface area contributed by atoms with E-state index in [1.165, 1.54) is 0 Å². The topological polar surface area (TPSA) is 40.1 Å². The van der Waals surface area contributed by atoms with Crippen molar-refractivity contribution < 1.29 is 18.7 Å². The zero-order chi connectivity index (χ0) is 8.58. The van der Waals surface area contributed by atoms with E-state index < -0.39 is 15.7 Å². The molecular formula is C3Cl3F2O2-. The number of alkyl halides is 5. The summed E-state index contributed by atoms with van der Waals surface area (Å²) in [4.78, 5) is 9.55. The Hall–Kier alpha value is 0.200. The minimum absolute atomic E-state index is 2.72. The van der Waals surface area contributed by atoms with Crippen molar-refractivity contribution in [2.75, 3.05) is 0 Å². The SMILES string of the molecule is O=C([O-])C(F)(F)C(Cl)(Cl)Cl. The van der Waals surface area contributed by atoms with E-state index >= 15 is 0 Å². The molecule has 0 N–H and O–H groups in total. The normalized spacial score (nSPS) is 13.3. The molecule has 0 aromatic rings. The number of carbonyl (C=O) groups is 1. The summed E-state index contributed by atoms with van der Waals surface area (Å²) in [7, 11) is 0. The first-order valence-electron chi connectivity index (χ1n) is 1.85. The lowest BCUT2D eigenvalue weighted by molar-refractivity contribution is -0.329. The maximum atomic E-state index is 12.0. The predicted octanol–water partition coefficient (Wildman–Crippen LogP) is 0.742. The predicted molar refractivity (Wildman–Crippen MR) is 30.2 cm³/mol. The molecule has 0 fully saturated rings. The van der Waals surface area contributed by atoms with Gasteiger partial charge >= 0.3 is 5.92 Å². The zero-order valence-corrected chi connectivity index (χ0v) is 6.47. The van der Waals surface area contributed by atoms with Crippen LogP contribution < -0.4 is 5.11 Å². The number of hydrogen-bond acceptors (Lipinski definition) is 2. The minimum atomic E-state index is -4.46. The fourth-order valence-electron chi connectivity index (χ4n) is 0.116. The Bertz CT molecular complexity index is 152. The lowest BCUT2D eigenvalue weighted by Gasteiger charge is -2.23. The van der Waals surface area contributed by atoms with Gasteiger partial charge in [-0.3, -0.25) is 0 Å². The van der Waals surface area contributed by atoms with Crippen LogP contribution in [0.5, 0.6) is 0 Å². The van der Waals surface area contributed by atoms with E-state index in [0.717, 1.165) is 0 Å². The molecule has 0 aromatic carbocycles. The fourth-order valence-corrected chi connectivity index (χ4v) is 0.347. The van der Waals surface area contributed by atoms with Gasteiger partial charge < -0.3 is 9.90 Å². The highest BCUT2D eigenvalue weighted by Gasteiger charge is 2.52. The fraction of sp³-hybridized carbons (Fsp3) is 0.667. The molecule has 0 rings (SSSR count). The van der Waals surface area contributed by atoms with Crippen LogP contribution in [-0.2, 0) is 4.79 Å². The van der Waals surface area contributed by atoms with Gasteiger partial charge in [-0.2, -0.15) is 8.78 Å². The van der Waals surface area contributed by atoms with E-state index in [1.807, 2.05) is 0 Å². The van der Waals surface area contributed by atoms with Crippen LogP contribution in [0.2, 0.25) is 0 Å². The summed E-state index contributed by atoms with van der Waals surface area (Å²) in [6.45, 7) is 0. The van der Waals surface area contributed by atoms with Crippen LogP contribution in [0.25, 0.3) is 0 Å². The number of aliphatic carboxylic acids is 1. The van der Waals surface area contributed by atoms with E-state index in [1.54, 1.807) is 0 Å². The average molecular weight is 212 g/mol. The van der Waals surface area contributed by atoms with E-state index in [0.29, 0.717) is 0 Å². The second-order valence-corrected chi connectivity index (χ2v) is 3.64. The Morgan fingerprint density at radius 3 is 1.60 bits per heavy atom. The first-order valence-corrected chi connectivity index (χ1v) is 2.99. The summed E-state index contributed by atoms with van der Waals surface area (Å²) in [5.41, 5.74) is 0. The van der Waals surface area contributed by atoms with Crippen molar-refractivity contribution in [3.8, 4) is 0 Å². The van der Waals surface area contributed by atoms with E-state index in [4.69, 9.17) is 0 Å². The van der Waals surface area contributed by atoms with Gasteiger partial charge in [0, 0.05) is 0 Å². The van der Waals surface area contributed by atoms with Gasteiger partial charge in [0.15, 0.2) is 0 Å². The largest absolute Gasteiger partial charge is 0.544 e. The molecule has 0 saturated heterocycles. The Labute approximate surface area is 69.7 Å². The van der Waals surface area contributed by atoms with Gasteiger partial charge in [-0.1, -0.05) is 34.8 Å². The van der Waals surface area contributed by atoms with Crippen molar-refractivity contribution in [2.45, 2.75) is 9.72 Å². The van der Waals surface area contributed by atoms with Gasteiger partial charge in [-0.05, 0) is 0 Å². The molecule has 2 nitrogen and oxygen atoms in total. The van der Waals surface area contributed by atoms with E-state index in [-0.39, 0.29) is 0 Å². The molecular weight excluding hydrogens is 212 g/mol. The first-order chi connectivity index (χ1) is 4.19. The summed E-state index contributed by atoms with van der Waals surface area (Å²) in [6.07, 6.45) is 0. The number of carboxylic acids is 1. The Morgan fingerprint density at radius 2 is 1.60 bits per heavy atom. The highest BCUT2D eigenvalue weighted by Crippen LogP contribution is 2.41. The van der Waals surface area contributed by atoms with Crippen LogP contribution in [0.1, 0.15) is 0 Å². The molecule has 7 heteroatoms. The third-order valence-electron chi connectivity index (χ3n) is 0.612. The quantitative estimate of drug-likeness (QED) is 0.602. The number of carbonyl (C=O) groups excluding carboxylic acids is 1. The number of rotatable bonds is 1. The van der Waals surface area contributed by atoms with Gasteiger partial charge in [0.25, 0.3) is 3.79 Å². The van der Waals surface area contributed by atoms with Gasteiger partial charge in [-0.15, -0.1) is 0 Å². The van der Waals surface area contributed by atoms with Crippen molar-refractivity contribution in [3.05, 3.63) is 0 Å². The molecule has 0 aliphatic rings. The van der Waals surface area contributed by atoms with Gasteiger partial charge in [-0.25, -0.2) is 0 Å². The van der Waals surface area contributed by atoms with Crippen molar-refractivity contribution >= 4 is 40.8 Å². The first kappa shape index (κ1) is 10.2. The molecule has 0 radical (unpaired) electrons. The maximum Gasteiger partial charge on any atom is 0.333 e. The summed E-state index contributed by atoms with van der Waals surface area (Å²) in [6, 6.07) is 0. The lowest BCUT2D eigenvalue weighted by Crippen LogP contribution is -2.50. The van der Waals surface area contributed by atoms with Gasteiger partial charge in [0.05, 0.1) is 0 Å². The molecule has 0 bridgehead atoms. The number of hydrogen-bond donors (Lipinski definition) is 0. The van der Waals surface area contributed by atoms with E-state index in [9.17, 15) is 18.7 Å². The van der Waals surface area contributed by atoms with Crippen LogP contribution in [0.3, 0.4) is 0 Å². The average Bonchev–Trinajstić information content (AvgIpc) is 1.62. The second kappa shape index (κ2) is 2.68. The monoisotopic (exact) mass is 211 g/mol. The Balaban J connectivity index is 4.57. The van der Waals surface area contributed by atoms with Crippen LogP contribution in [0, 0.1) is 0 Å². The molecule has 0 aliphatic heterocycles. The molecule has 0 atom stereocenters. The van der Waals surface area contributed by atoms with Crippen LogP contribution >= 0.6 is 34.8 Å². The van der Waals surface area contributed by atoms with Gasteiger partial charge in [0.2, 0.25) is 0 Å². The maximum absolute atomic E-state index is 12.0. The minimum Gasteiger partial charge on any atom is -0.544 e. The van der Waals surface area contributed by atoms with Crippen LogP contribution in [0.15, 0.2) is 0 Å². The third-order valence-corrected chi connectivity index (χ3v) is 1.32. The molecule has 0 amide bonds. The summed E-state index contributed by atoms with van der Waals surface area (Å²) >= 11 is 13.7. The summed E-state index contributed by atoms with van der Waals surface area (Å²) in [5.74, 6) is -7.18. The zero-order valence-electron chi connectivity index (χ0n) is 4.21. The van der Waals surface area contributed by atoms with Crippen molar-refractivity contribution in [1.82, 2.24) is 0 Å². The smallest absolute Gasteiger partial charge is 0.333 e. The molecule has 0 spiro atoms. The molecule has 0 unspecified atom stereocenters. The lowest BCUT2D eigenvalue weighted by atomic mass is 10.4. The molecule has 0 aliphatic carbocycles. The van der Waals surface area contributed by atoms with Crippen molar-refractivity contribution in [1.29, 1.82) is 0 Å². The van der Waals surface area contributed by atoms with Crippen molar-refractivity contribution in [2.24, 2.45) is 0 Å². The third kappa shape index (κ3) is 1.84. The molecule has 0 heterocycles. The number of carboxylic acid groups (broad SMARTS) is 1. The molecule has 0 aromatic heterocycles. The van der Waals surface area contributed by atoms with E-state index in [2.05, 4.69) is 34.8 Å². The van der Waals surface area contributed by atoms with Crippen molar-refractivity contribution in [3.63, 3.8) is 0 Å². The summed E-state index contributed by atoms with van der Waals surface area (Å²) < 4.78 is 20.8.